The normalized spacial score (nSPS) is 10.6. The summed E-state index contributed by atoms with van der Waals surface area (Å²) in [6.07, 6.45) is 2.04. The summed E-state index contributed by atoms with van der Waals surface area (Å²) in [6, 6.07) is 7.51. The number of carbonyl (C=O) groups excluding carboxylic acids is 1. The fraction of sp³-hybridized carbons (Fsp3) is 0.333. The van der Waals surface area contributed by atoms with E-state index in [0.717, 1.165) is 16.3 Å². The van der Waals surface area contributed by atoms with Crippen LogP contribution in [0, 0.1) is 0 Å². The van der Waals surface area contributed by atoms with Crippen LogP contribution in [0.2, 0.25) is 0 Å². The average Bonchev–Trinajstić information content (AvgIpc) is 2.89. The number of hydrogen-bond acceptors (Lipinski definition) is 5. The number of esters is 1. The molecule has 0 unspecified atom stereocenters. The molecule has 106 valence electrons. The van der Waals surface area contributed by atoms with Gasteiger partial charge < -0.3 is 9.47 Å². The van der Waals surface area contributed by atoms with E-state index in [4.69, 9.17) is 9.47 Å². The van der Waals surface area contributed by atoms with Crippen LogP contribution in [-0.2, 0) is 22.6 Å². The number of nitrogens with zero attached hydrogens (tertiary/aromatic N) is 1. The van der Waals surface area contributed by atoms with E-state index in [-0.39, 0.29) is 25.1 Å². The highest BCUT2D eigenvalue weighted by Gasteiger charge is 2.07. The van der Waals surface area contributed by atoms with E-state index in [2.05, 4.69) is 4.98 Å². The quantitative estimate of drug-likeness (QED) is 0.767. The van der Waals surface area contributed by atoms with E-state index in [0.29, 0.717) is 0 Å². The third-order valence-electron chi connectivity index (χ3n) is 2.46. The fourth-order valence-electron chi connectivity index (χ4n) is 1.69. The Morgan fingerprint density at radius 1 is 1.40 bits per heavy atom. The van der Waals surface area contributed by atoms with Crippen molar-refractivity contribution in [2.45, 2.75) is 33.0 Å². The SMILES string of the molecule is CC(C)Oc1cccc(CC(=O)OCc2nccs2)c1. The van der Waals surface area contributed by atoms with Gasteiger partial charge >= 0.3 is 5.97 Å². The summed E-state index contributed by atoms with van der Waals surface area (Å²) in [7, 11) is 0. The van der Waals surface area contributed by atoms with Gasteiger partial charge in [0.2, 0.25) is 0 Å². The number of carbonyl (C=O) groups is 1. The molecule has 0 saturated carbocycles. The van der Waals surface area contributed by atoms with Crippen LogP contribution in [0.1, 0.15) is 24.4 Å². The predicted molar refractivity (Wildman–Crippen MR) is 77.8 cm³/mol. The first-order chi connectivity index (χ1) is 9.63. The number of aromatic nitrogens is 1. The Kier molecular flexibility index (Phi) is 5.12. The highest BCUT2D eigenvalue weighted by Crippen LogP contribution is 2.16. The summed E-state index contributed by atoms with van der Waals surface area (Å²) < 4.78 is 10.8. The molecule has 0 fully saturated rings. The summed E-state index contributed by atoms with van der Waals surface area (Å²) >= 11 is 1.47. The van der Waals surface area contributed by atoms with Gasteiger partial charge in [-0.3, -0.25) is 4.79 Å². The summed E-state index contributed by atoms with van der Waals surface area (Å²) in [6.45, 7) is 4.17. The summed E-state index contributed by atoms with van der Waals surface area (Å²) in [5, 5.41) is 2.66. The van der Waals surface area contributed by atoms with E-state index in [1.54, 1.807) is 6.20 Å². The van der Waals surface area contributed by atoms with Crippen molar-refractivity contribution in [3.63, 3.8) is 0 Å². The van der Waals surface area contributed by atoms with E-state index >= 15 is 0 Å². The standard InChI is InChI=1S/C15H17NO3S/c1-11(2)19-13-5-3-4-12(8-13)9-15(17)18-10-14-16-6-7-20-14/h3-8,11H,9-10H2,1-2H3. The van der Waals surface area contributed by atoms with Crippen molar-refractivity contribution >= 4 is 17.3 Å². The van der Waals surface area contributed by atoms with Crippen LogP contribution >= 0.6 is 11.3 Å². The number of benzene rings is 1. The van der Waals surface area contributed by atoms with Crippen molar-refractivity contribution in [1.82, 2.24) is 4.98 Å². The molecule has 1 aromatic carbocycles. The fourth-order valence-corrected chi connectivity index (χ4v) is 2.21. The molecular weight excluding hydrogens is 274 g/mol. The maximum Gasteiger partial charge on any atom is 0.310 e. The van der Waals surface area contributed by atoms with Gasteiger partial charge in [-0.1, -0.05) is 12.1 Å². The molecule has 0 radical (unpaired) electrons. The van der Waals surface area contributed by atoms with Crippen molar-refractivity contribution in [3.05, 3.63) is 46.4 Å². The molecule has 0 bridgehead atoms. The van der Waals surface area contributed by atoms with E-state index in [1.807, 2.05) is 43.5 Å². The molecule has 0 amide bonds. The smallest absolute Gasteiger partial charge is 0.310 e. The minimum atomic E-state index is -0.262. The first-order valence-corrected chi connectivity index (χ1v) is 7.31. The second kappa shape index (κ2) is 7.05. The van der Waals surface area contributed by atoms with Crippen LogP contribution in [0.4, 0.5) is 0 Å². The zero-order chi connectivity index (χ0) is 14.4. The molecule has 2 aromatic rings. The molecule has 1 aromatic heterocycles. The molecule has 1 heterocycles. The molecule has 0 spiro atoms. The molecular formula is C15H17NO3S. The average molecular weight is 291 g/mol. The number of ether oxygens (including phenoxy) is 2. The van der Waals surface area contributed by atoms with Crippen LogP contribution in [-0.4, -0.2) is 17.1 Å². The molecule has 20 heavy (non-hydrogen) atoms. The van der Waals surface area contributed by atoms with E-state index in [1.165, 1.54) is 11.3 Å². The van der Waals surface area contributed by atoms with Crippen molar-refractivity contribution < 1.29 is 14.3 Å². The largest absolute Gasteiger partial charge is 0.491 e. The number of thiazole rings is 1. The van der Waals surface area contributed by atoms with Gasteiger partial charge in [0.1, 0.15) is 17.4 Å². The number of rotatable bonds is 6. The Labute approximate surface area is 122 Å². The third kappa shape index (κ3) is 4.66. The highest BCUT2D eigenvalue weighted by atomic mass is 32.1. The van der Waals surface area contributed by atoms with Gasteiger partial charge in [-0.15, -0.1) is 11.3 Å². The summed E-state index contributed by atoms with van der Waals surface area (Å²) in [4.78, 5) is 15.8. The topological polar surface area (TPSA) is 48.4 Å². The van der Waals surface area contributed by atoms with Gasteiger partial charge in [-0.25, -0.2) is 4.98 Å². The minimum absolute atomic E-state index is 0.113. The van der Waals surface area contributed by atoms with Crippen LogP contribution in [0.25, 0.3) is 0 Å². The van der Waals surface area contributed by atoms with Gasteiger partial charge in [0, 0.05) is 11.6 Å². The Morgan fingerprint density at radius 2 is 2.25 bits per heavy atom. The second-order valence-electron chi connectivity index (χ2n) is 4.58. The molecule has 0 aliphatic carbocycles. The van der Waals surface area contributed by atoms with E-state index in [9.17, 15) is 4.79 Å². The zero-order valence-corrected chi connectivity index (χ0v) is 12.4. The van der Waals surface area contributed by atoms with Gasteiger partial charge in [-0.2, -0.15) is 0 Å². The highest BCUT2D eigenvalue weighted by molar-refractivity contribution is 7.09. The lowest BCUT2D eigenvalue weighted by atomic mass is 10.1. The third-order valence-corrected chi connectivity index (χ3v) is 3.21. The monoisotopic (exact) mass is 291 g/mol. The maximum absolute atomic E-state index is 11.8. The summed E-state index contributed by atoms with van der Waals surface area (Å²) in [5.41, 5.74) is 0.882. The minimum Gasteiger partial charge on any atom is -0.491 e. The molecule has 0 atom stereocenters. The molecule has 0 aliphatic heterocycles. The van der Waals surface area contributed by atoms with Crippen LogP contribution in [0.15, 0.2) is 35.8 Å². The lowest BCUT2D eigenvalue weighted by Gasteiger charge is -2.10. The molecule has 0 saturated heterocycles. The lowest BCUT2D eigenvalue weighted by Crippen LogP contribution is -2.09. The maximum atomic E-state index is 11.8. The second-order valence-corrected chi connectivity index (χ2v) is 5.56. The molecule has 0 N–H and O–H groups in total. The molecule has 4 nitrogen and oxygen atoms in total. The van der Waals surface area contributed by atoms with Gasteiger partial charge in [0.05, 0.1) is 12.5 Å². The van der Waals surface area contributed by atoms with Crippen molar-refractivity contribution in [1.29, 1.82) is 0 Å². The van der Waals surface area contributed by atoms with Crippen molar-refractivity contribution in [2.75, 3.05) is 0 Å². The Balaban J connectivity index is 1.87. The van der Waals surface area contributed by atoms with Crippen LogP contribution < -0.4 is 4.74 Å². The Hall–Kier alpha value is -1.88. The van der Waals surface area contributed by atoms with Crippen molar-refractivity contribution in [3.8, 4) is 5.75 Å². The van der Waals surface area contributed by atoms with Gasteiger partial charge in [-0.05, 0) is 31.5 Å². The molecule has 5 heteroatoms. The Bertz CT molecular complexity index is 552. The first-order valence-electron chi connectivity index (χ1n) is 6.43. The Morgan fingerprint density at radius 3 is 2.95 bits per heavy atom. The molecule has 0 aliphatic rings. The predicted octanol–water partition coefficient (Wildman–Crippen LogP) is 3.22. The first kappa shape index (κ1) is 14.5. The lowest BCUT2D eigenvalue weighted by molar-refractivity contribution is -0.144. The van der Waals surface area contributed by atoms with Gasteiger partial charge in [0.25, 0.3) is 0 Å². The van der Waals surface area contributed by atoms with Crippen LogP contribution in [0.5, 0.6) is 5.75 Å². The molecule has 2 rings (SSSR count). The summed E-state index contributed by atoms with van der Waals surface area (Å²) in [5.74, 6) is 0.507. The van der Waals surface area contributed by atoms with Crippen LogP contribution in [0.3, 0.4) is 0 Å². The zero-order valence-electron chi connectivity index (χ0n) is 11.5. The number of hydrogen-bond donors (Lipinski definition) is 0. The van der Waals surface area contributed by atoms with E-state index < -0.39 is 0 Å². The van der Waals surface area contributed by atoms with Gasteiger partial charge in [0.15, 0.2) is 0 Å². The van der Waals surface area contributed by atoms with Crippen molar-refractivity contribution in [2.24, 2.45) is 0 Å².